The van der Waals surface area contributed by atoms with Gasteiger partial charge in [0.2, 0.25) is 0 Å². The number of rotatable bonds is 10. The van der Waals surface area contributed by atoms with Crippen LogP contribution in [0, 0.1) is 0 Å². The van der Waals surface area contributed by atoms with Crippen molar-refractivity contribution < 1.29 is 147 Å². The van der Waals surface area contributed by atoms with Crippen molar-refractivity contribution in [2.75, 3.05) is 6.61 Å². The molecule has 1 atom stereocenters. The zero-order valence-electron chi connectivity index (χ0n) is 26.5. The Hall–Kier alpha value is -1.43. The summed E-state index contributed by atoms with van der Waals surface area (Å²) in [5, 5.41) is 1.33. The number of alkyl halides is 1. The summed E-state index contributed by atoms with van der Waals surface area (Å²) < 4.78 is 120. The van der Waals surface area contributed by atoms with Crippen LogP contribution >= 0.6 is 11.6 Å². The van der Waals surface area contributed by atoms with Gasteiger partial charge in [0.05, 0.1) is 20.9 Å². The summed E-state index contributed by atoms with van der Waals surface area (Å²) in [5.74, 6) is -1.75. The minimum absolute atomic E-state index is 0. The smallest absolute Gasteiger partial charge is 0.744 e. The molecule has 1 amide bonds. The summed E-state index contributed by atoms with van der Waals surface area (Å²) in [5.41, 5.74) is 2.58. The predicted octanol–water partition coefficient (Wildman–Crippen LogP) is -6.63. The molecule has 0 fully saturated rings. The Morgan fingerprint density at radius 3 is 1.76 bits per heavy atom. The molecule has 0 unspecified atom stereocenters. The number of carbonyl (C=O) groups is 2. The average molecular weight is 791 g/mol. The number of nitrogens with zero attached hydrogens (tertiary/aromatic N) is 1. The molecule has 0 aliphatic heterocycles. The van der Waals surface area contributed by atoms with Crippen molar-refractivity contribution in [2.24, 2.45) is 5.10 Å². The first-order valence-electron chi connectivity index (χ1n) is 12.9. The van der Waals surface area contributed by atoms with Gasteiger partial charge in [-0.2, -0.15) is 5.10 Å². The van der Waals surface area contributed by atoms with Gasteiger partial charge < -0.3 is 23.1 Å². The molecule has 0 heterocycles. The third-order valence-corrected chi connectivity index (χ3v) is 9.53. The Kier molecular flexibility index (Phi) is 15.3. The molecule has 0 saturated carbocycles. The zero-order chi connectivity index (χ0) is 34.5. The topological polar surface area (TPSA) is 249 Å². The third-order valence-electron chi connectivity index (χ3n) is 6.72. The molecule has 15 nitrogen and oxygen atoms in total. The van der Waals surface area contributed by atoms with Crippen LogP contribution in [0.1, 0.15) is 12.5 Å². The van der Waals surface area contributed by atoms with E-state index in [9.17, 15) is 48.5 Å². The average Bonchev–Trinajstić information content (AvgIpc) is 2.97. The number of hydrogen-bond acceptors (Lipinski definition) is 14. The van der Waals surface area contributed by atoms with Crippen LogP contribution in [0.2, 0.25) is 0 Å². The summed E-state index contributed by atoms with van der Waals surface area (Å²) in [6, 6.07) is 11.7. The molecule has 5 aromatic carbocycles. The van der Waals surface area contributed by atoms with Crippen molar-refractivity contribution in [1.82, 2.24) is 5.43 Å². The largest absolute Gasteiger partial charge is 1.00 e. The predicted molar refractivity (Wildman–Crippen MR) is 163 cm³/mol. The minimum atomic E-state index is -5.38. The maximum atomic E-state index is 12.5. The fraction of sp³-hybridized carbons (Fsp3) is 0.107. The van der Waals surface area contributed by atoms with Crippen LogP contribution in [0.4, 0.5) is 0 Å². The van der Waals surface area contributed by atoms with Crippen molar-refractivity contribution in [3.8, 4) is 11.5 Å². The van der Waals surface area contributed by atoms with Gasteiger partial charge in [0.1, 0.15) is 47.2 Å². The van der Waals surface area contributed by atoms with Gasteiger partial charge in [-0.1, -0.05) is 30.3 Å². The maximum Gasteiger partial charge on any atom is 1.00 e. The molecule has 0 aliphatic carbocycles. The molecule has 0 spiro atoms. The second kappa shape index (κ2) is 17.1. The Bertz CT molecular complexity index is 2430. The second-order valence-corrected chi connectivity index (χ2v) is 14.6. The number of esters is 1. The van der Waals surface area contributed by atoms with Gasteiger partial charge in [-0.25, -0.2) is 30.7 Å². The number of carbonyl (C=O) groups excluding carboxylic acids is 2. The van der Waals surface area contributed by atoms with Crippen molar-refractivity contribution in [3.63, 3.8) is 0 Å². The van der Waals surface area contributed by atoms with E-state index in [0.717, 1.165) is 24.3 Å². The summed E-state index contributed by atoms with van der Waals surface area (Å²) >= 11 is 5.69. The van der Waals surface area contributed by atoms with Crippen LogP contribution in [0.3, 0.4) is 0 Å². The fourth-order valence-corrected chi connectivity index (χ4v) is 7.03. The van der Waals surface area contributed by atoms with Crippen molar-refractivity contribution in [3.05, 3.63) is 66.2 Å². The first kappa shape index (κ1) is 44.7. The summed E-state index contributed by atoms with van der Waals surface area (Å²) in [4.78, 5) is 21.2. The molecule has 1 N–H and O–H groups in total. The van der Waals surface area contributed by atoms with Crippen LogP contribution in [-0.2, 0) is 39.9 Å². The van der Waals surface area contributed by atoms with Crippen LogP contribution in [0.15, 0.2) is 80.5 Å². The molecule has 0 bridgehead atoms. The monoisotopic (exact) mass is 790 g/mol. The van der Waals surface area contributed by atoms with Gasteiger partial charge >= 0.3 is 94.6 Å². The van der Waals surface area contributed by atoms with Crippen molar-refractivity contribution >= 4 is 92.4 Å². The molecule has 246 valence electrons. The number of hydrogen-bond donors (Lipinski definition) is 1. The Morgan fingerprint density at radius 2 is 1.26 bits per heavy atom. The Labute approximate surface area is 356 Å². The Morgan fingerprint density at radius 1 is 0.780 bits per heavy atom. The molecular weight excluding hydrogens is 773 g/mol. The summed E-state index contributed by atoms with van der Waals surface area (Å²) in [6.07, 6.45) is 1.21. The number of amides is 1. The van der Waals surface area contributed by atoms with Gasteiger partial charge in [-0.3, -0.25) is 9.59 Å². The minimum Gasteiger partial charge on any atom is -0.744 e. The van der Waals surface area contributed by atoms with E-state index in [1.54, 1.807) is 12.1 Å². The zero-order valence-corrected chi connectivity index (χ0v) is 35.7. The van der Waals surface area contributed by atoms with E-state index in [2.05, 4.69) is 10.5 Å². The normalized spacial score (nSPS) is 12.6. The SMILES string of the molecule is C[C@H](Cl)C(=O)Oc1cccc(/C=N\NC(=O)COc2cc(S(=O)(=O)[O-])c3ccc4c(S(=O)(=O)[O-])cc(S(=O)(=O)[O-])c5ccc2c3c54)c1.[Na+].[Na+].[Na+]. The van der Waals surface area contributed by atoms with Crippen LogP contribution in [-0.4, -0.2) is 69.0 Å². The molecular formula is C28H18ClN2Na3O13S3. The van der Waals surface area contributed by atoms with Crippen LogP contribution in [0.5, 0.6) is 11.5 Å². The van der Waals surface area contributed by atoms with E-state index in [-0.39, 0.29) is 132 Å². The summed E-state index contributed by atoms with van der Waals surface area (Å²) in [7, 11) is -16.0. The summed E-state index contributed by atoms with van der Waals surface area (Å²) in [6.45, 7) is 0.635. The van der Waals surface area contributed by atoms with Gasteiger partial charge in [0, 0.05) is 32.3 Å². The molecule has 0 aromatic heterocycles. The van der Waals surface area contributed by atoms with E-state index in [1.165, 1.54) is 31.3 Å². The van der Waals surface area contributed by atoms with E-state index in [1.807, 2.05) is 0 Å². The van der Waals surface area contributed by atoms with Gasteiger partial charge in [-0.15, -0.1) is 11.6 Å². The molecule has 5 rings (SSSR count). The van der Waals surface area contributed by atoms with E-state index < -0.39 is 68.9 Å². The number of nitrogens with one attached hydrogen (secondary N) is 1. The first-order chi connectivity index (χ1) is 21.9. The molecule has 5 aromatic rings. The molecule has 50 heavy (non-hydrogen) atoms. The first-order valence-corrected chi connectivity index (χ1v) is 17.6. The number of halogens is 1. The van der Waals surface area contributed by atoms with Crippen LogP contribution in [0.25, 0.3) is 32.3 Å². The Balaban J connectivity index is 0.00000289. The maximum absolute atomic E-state index is 12.5. The second-order valence-electron chi connectivity index (χ2n) is 9.87. The van der Waals surface area contributed by atoms with Crippen molar-refractivity contribution in [2.45, 2.75) is 27.0 Å². The van der Waals surface area contributed by atoms with Crippen molar-refractivity contribution in [1.29, 1.82) is 0 Å². The molecule has 22 heteroatoms. The molecule has 0 aliphatic rings. The number of hydrazone groups is 1. The third kappa shape index (κ3) is 9.75. The van der Waals surface area contributed by atoms with E-state index in [0.29, 0.717) is 11.6 Å². The number of ether oxygens (including phenoxy) is 2. The van der Waals surface area contributed by atoms with Crippen LogP contribution < -0.4 is 104 Å². The number of benzene rings is 5. The standard InChI is InChI=1S/C28H21ClN2O13S3.3Na/c1-14(29)28(33)44-16-4-2-3-15(9-16)12-30-31-25(32)13-43-21-10-22(45(34,35)36)18-7-8-20-24(47(40,41)42)11-23(46(37,38)39)19-6-5-17(21)26(18)27(19)20;;;/h2-12,14H,13H2,1H3,(H,31,32)(H,34,35,36)(H,37,38,39)(H,40,41,42);;;/q;3*+1/p-3/b30-12-;;;/t14-;;;/m0.../s1. The fourth-order valence-electron chi connectivity index (χ4n) is 4.82. The van der Waals surface area contributed by atoms with Gasteiger partial charge in [0.15, 0.2) is 6.61 Å². The quantitative estimate of drug-likeness (QED) is 0.0202. The van der Waals surface area contributed by atoms with E-state index in [4.69, 9.17) is 21.1 Å². The van der Waals surface area contributed by atoms with E-state index >= 15 is 0 Å². The molecule has 0 radical (unpaired) electrons. The van der Waals surface area contributed by atoms with Gasteiger partial charge in [0.25, 0.3) is 5.91 Å². The molecule has 0 saturated heterocycles. The van der Waals surface area contributed by atoms with Gasteiger partial charge in [-0.05, 0) is 42.8 Å².